The summed E-state index contributed by atoms with van der Waals surface area (Å²) in [6, 6.07) is 30.7. The molecule has 4 aromatic carbocycles. The minimum absolute atomic E-state index is 0.0873. The monoisotopic (exact) mass is 620 g/mol. The van der Waals surface area contributed by atoms with Gasteiger partial charge in [-0.05, 0) is 68.8 Å². The number of nitrogens with one attached hydrogen (secondary N) is 2. The summed E-state index contributed by atoms with van der Waals surface area (Å²) in [6.07, 6.45) is 0. The van der Waals surface area contributed by atoms with Crippen LogP contribution in [0, 0.1) is 0 Å². The van der Waals surface area contributed by atoms with Gasteiger partial charge in [-0.25, -0.2) is 9.59 Å². The van der Waals surface area contributed by atoms with E-state index >= 15 is 0 Å². The largest absolute Gasteiger partial charge is 0.459 e. The van der Waals surface area contributed by atoms with Gasteiger partial charge in [-0.1, -0.05) is 66.7 Å². The van der Waals surface area contributed by atoms with Gasteiger partial charge in [-0.15, -0.1) is 0 Å². The lowest BCUT2D eigenvalue weighted by atomic mass is 10.2. The first-order valence-electron chi connectivity index (χ1n) is 14.9. The number of para-hydroxylation sites is 3. The van der Waals surface area contributed by atoms with Gasteiger partial charge in [0.25, 0.3) is 5.91 Å². The van der Waals surface area contributed by atoms with E-state index in [2.05, 4.69) is 10.6 Å². The average Bonchev–Trinajstić information content (AvgIpc) is 3.14. The summed E-state index contributed by atoms with van der Waals surface area (Å²) in [5, 5.41) is 5.51. The van der Waals surface area contributed by atoms with E-state index in [1.165, 1.54) is 11.0 Å². The summed E-state index contributed by atoms with van der Waals surface area (Å²) >= 11 is 0. The Balaban J connectivity index is 1.36. The number of nitrogens with zero attached hydrogens (tertiary/aromatic N) is 2. The average molecular weight is 621 g/mol. The van der Waals surface area contributed by atoms with E-state index in [0.29, 0.717) is 17.1 Å². The van der Waals surface area contributed by atoms with Crippen molar-refractivity contribution in [1.29, 1.82) is 0 Å². The van der Waals surface area contributed by atoms with Crippen LogP contribution in [0.4, 0.5) is 27.5 Å². The van der Waals surface area contributed by atoms with Gasteiger partial charge in [0.2, 0.25) is 0 Å². The fraction of sp³-hybridized carbons (Fsp3) is 0.222. The van der Waals surface area contributed by atoms with E-state index in [4.69, 9.17) is 9.47 Å². The fourth-order valence-electron chi connectivity index (χ4n) is 5.07. The van der Waals surface area contributed by atoms with E-state index < -0.39 is 35.5 Å². The molecule has 1 heterocycles. The number of hydrogen-bond acceptors (Lipinski definition) is 7. The zero-order valence-electron chi connectivity index (χ0n) is 25.9. The highest BCUT2D eigenvalue weighted by atomic mass is 16.6. The van der Waals surface area contributed by atoms with Crippen molar-refractivity contribution >= 4 is 46.6 Å². The molecule has 0 aromatic heterocycles. The van der Waals surface area contributed by atoms with Crippen molar-refractivity contribution in [2.45, 2.75) is 39.0 Å². The Hall–Kier alpha value is -5.64. The van der Waals surface area contributed by atoms with E-state index in [0.717, 1.165) is 11.3 Å². The molecule has 0 aliphatic carbocycles. The summed E-state index contributed by atoms with van der Waals surface area (Å²) in [7, 11) is 0. The minimum Gasteiger partial charge on any atom is -0.459 e. The zero-order chi connectivity index (χ0) is 32.7. The first-order chi connectivity index (χ1) is 22.1. The number of amides is 3. The second kappa shape index (κ2) is 14.0. The Morgan fingerprint density at radius 3 is 2.17 bits per heavy atom. The van der Waals surface area contributed by atoms with Gasteiger partial charge < -0.3 is 25.0 Å². The standard InChI is InChI=1S/C36H36N4O6/c1-36(2,3)46-32(41)23-40-31-20-11-10-19-30(31)39(28-17-8-5-9-18-28)22-29(33(40)42)38-35(44)37-27-16-12-15-26(21-27)34(43)45-24-25-13-6-4-7-14-25/h4-21,29H,22-24H2,1-3H3,(H2,37,38,44). The predicted octanol–water partition coefficient (Wildman–Crippen LogP) is 6.06. The summed E-state index contributed by atoms with van der Waals surface area (Å²) in [6.45, 7) is 5.13. The van der Waals surface area contributed by atoms with Gasteiger partial charge in [0.1, 0.15) is 24.8 Å². The third-order valence-electron chi connectivity index (χ3n) is 7.04. The molecule has 0 saturated carbocycles. The first-order valence-corrected chi connectivity index (χ1v) is 14.9. The number of carbonyl (C=O) groups is 4. The maximum Gasteiger partial charge on any atom is 0.338 e. The predicted molar refractivity (Wildman–Crippen MR) is 176 cm³/mol. The number of carbonyl (C=O) groups excluding carboxylic acids is 4. The van der Waals surface area contributed by atoms with Gasteiger partial charge in [0, 0.05) is 11.4 Å². The number of fused-ring (bicyclic) bond motifs is 1. The van der Waals surface area contributed by atoms with Crippen molar-refractivity contribution in [3.63, 3.8) is 0 Å². The van der Waals surface area contributed by atoms with E-state index in [-0.39, 0.29) is 25.3 Å². The summed E-state index contributed by atoms with van der Waals surface area (Å²) in [5.74, 6) is -1.60. The Morgan fingerprint density at radius 2 is 1.48 bits per heavy atom. The second-order valence-electron chi connectivity index (χ2n) is 11.7. The van der Waals surface area contributed by atoms with Crippen LogP contribution in [0.3, 0.4) is 0 Å². The third kappa shape index (κ3) is 8.09. The molecule has 0 spiro atoms. The highest BCUT2D eigenvalue weighted by Crippen LogP contribution is 2.37. The van der Waals surface area contributed by atoms with Crippen LogP contribution in [0.5, 0.6) is 0 Å². The first kappa shape index (κ1) is 31.8. The lowest BCUT2D eigenvalue weighted by Crippen LogP contribution is -2.53. The molecule has 0 fully saturated rings. The Morgan fingerprint density at radius 1 is 0.826 bits per heavy atom. The van der Waals surface area contributed by atoms with Crippen molar-refractivity contribution < 1.29 is 28.7 Å². The second-order valence-corrected chi connectivity index (χ2v) is 11.7. The molecule has 1 aliphatic rings. The van der Waals surface area contributed by atoms with Crippen LogP contribution >= 0.6 is 0 Å². The van der Waals surface area contributed by atoms with Crippen LogP contribution in [-0.4, -0.2) is 48.6 Å². The van der Waals surface area contributed by atoms with Crippen molar-refractivity contribution in [2.24, 2.45) is 0 Å². The van der Waals surface area contributed by atoms with Gasteiger partial charge in [-0.3, -0.25) is 14.5 Å². The molecule has 46 heavy (non-hydrogen) atoms. The number of benzene rings is 4. The molecule has 1 aliphatic heterocycles. The lowest BCUT2D eigenvalue weighted by Gasteiger charge is -2.27. The van der Waals surface area contributed by atoms with Crippen molar-refractivity contribution in [2.75, 3.05) is 28.2 Å². The molecule has 2 N–H and O–H groups in total. The normalized spacial score (nSPS) is 14.5. The van der Waals surface area contributed by atoms with Gasteiger partial charge in [0.05, 0.1) is 23.5 Å². The molecule has 0 radical (unpaired) electrons. The number of anilines is 4. The SMILES string of the molecule is CC(C)(C)OC(=O)CN1C(=O)C(NC(=O)Nc2cccc(C(=O)OCc3ccccc3)c2)CN(c2ccccc2)c2ccccc21. The topological polar surface area (TPSA) is 117 Å². The lowest BCUT2D eigenvalue weighted by molar-refractivity contribution is -0.153. The van der Waals surface area contributed by atoms with Gasteiger partial charge in [-0.2, -0.15) is 0 Å². The molecule has 236 valence electrons. The number of rotatable bonds is 8. The third-order valence-corrected chi connectivity index (χ3v) is 7.04. The summed E-state index contributed by atoms with van der Waals surface area (Å²) < 4.78 is 11.0. The highest BCUT2D eigenvalue weighted by Gasteiger charge is 2.37. The Labute approximate surface area is 267 Å². The van der Waals surface area contributed by atoms with E-state index in [1.54, 1.807) is 51.1 Å². The van der Waals surface area contributed by atoms with Crippen molar-refractivity contribution in [3.8, 4) is 0 Å². The molecule has 1 unspecified atom stereocenters. The summed E-state index contributed by atoms with van der Waals surface area (Å²) in [4.78, 5) is 56.4. The van der Waals surface area contributed by atoms with Gasteiger partial charge >= 0.3 is 18.0 Å². The van der Waals surface area contributed by atoms with Crippen LogP contribution in [-0.2, 0) is 25.7 Å². The van der Waals surface area contributed by atoms with Crippen LogP contribution in [0.1, 0.15) is 36.7 Å². The molecular formula is C36H36N4O6. The highest BCUT2D eigenvalue weighted by molar-refractivity contribution is 6.07. The number of esters is 2. The minimum atomic E-state index is -1.06. The fourth-order valence-corrected chi connectivity index (χ4v) is 5.07. The van der Waals surface area contributed by atoms with Gasteiger partial charge in [0.15, 0.2) is 0 Å². The van der Waals surface area contributed by atoms with Crippen molar-refractivity contribution in [1.82, 2.24) is 5.32 Å². The molecule has 10 nitrogen and oxygen atoms in total. The van der Waals surface area contributed by atoms with E-state index in [9.17, 15) is 19.2 Å². The number of ether oxygens (including phenoxy) is 2. The van der Waals surface area contributed by atoms with Crippen LogP contribution in [0.2, 0.25) is 0 Å². The van der Waals surface area contributed by atoms with Crippen molar-refractivity contribution in [3.05, 3.63) is 120 Å². The molecular weight excluding hydrogens is 584 g/mol. The van der Waals surface area contributed by atoms with Crippen LogP contribution in [0.25, 0.3) is 0 Å². The Kier molecular flexibility index (Phi) is 9.66. The molecule has 5 rings (SSSR count). The van der Waals surface area contributed by atoms with Crippen LogP contribution < -0.4 is 20.4 Å². The zero-order valence-corrected chi connectivity index (χ0v) is 25.9. The maximum atomic E-state index is 14.1. The molecule has 3 amide bonds. The molecule has 4 aromatic rings. The summed E-state index contributed by atoms with van der Waals surface area (Å²) in [5.41, 5.74) is 2.70. The molecule has 0 bridgehead atoms. The molecule has 0 saturated heterocycles. The maximum absolute atomic E-state index is 14.1. The molecule has 1 atom stereocenters. The quantitative estimate of drug-likeness (QED) is 0.230. The number of urea groups is 1. The van der Waals surface area contributed by atoms with Crippen LogP contribution in [0.15, 0.2) is 109 Å². The number of hydrogen-bond donors (Lipinski definition) is 2. The molecule has 10 heteroatoms. The van der Waals surface area contributed by atoms with E-state index in [1.807, 2.05) is 77.7 Å². The Bertz CT molecular complexity index is 1700. The smallest absolute Gasteiger partial charge is 0.338 e.